The molecule has 0 aromatic heterocycles. The Balaban J connectivity index is 0.000000448. The molecule has 0 spiro atoms. The Morgan fingerprint density at radius 3 is 1.12 bits per heavy atom. The fourth-order valence-corrected chi connectivity index (χ4v) is 9.64. The van der Waals surface area contributed by atoms with Gasteiger partial charge in [0.1, 0.15) is 0 Å². The van der Waals surface area contributed by atoms with Gasteiger partial charge < -0.3 is 14.9 Å². The van der Waals surface area contributed by atoms with Crippen molar-refractivity contribution < 1.29 is 60.4 Å². The van der Waals surface area contributed by atoms with Gasteiger partial charge in [0.25, 0.3) is 0 Å². The van der Waals surface area contributed by atoms with Crippen molar-refractivity contribution in [2.75, 3.05) is 0 Å². The first-order valence-corrected chi connectivity index (χ1v) is 29.2. The van der Waals surface area contributed by atoms with E-state index in [2.05, 4.69) is 114 Å². The first-order valence-electron chi connectivity index (χ1n) is 22.0. The minimum atomic E-state index is -4.77. The Morgan fingerprint density at radius 2 is 0.794 bits per heavy atom. The van der Waals surface area contributed by atoms with Crippen LogP contribution < -0.4 is 0 Å². The molecule has 0 bridgehead atoms. The standard InChI is InChI=1S/C15H16F6.C15H22.C15H18.C8H6BrF3.2CH3.2ClH.Zr/c1-8-3-10(4-9(8)2)11-5-12(14(16,17)18)7-13(6-11)15(19,20)21;2*1-10-5-11(2)7-14(6-10)15-8-12(3)13(4)9-15;1-5-2-6(8(10,11)12)4-7(9)3-5;;;;;/h5-10H,3-4H2,1-2H3;5-7,12-13,15H,8-9H2,1-4H3;5-8H,9H2,1-4H3;2-4H,1H3;2*1H3;2*1H;/q;;;;2*-1;;;+4/p-2. The molecule has 0 amide bonds. The van der Waals surface area contributed by atoms with Gasteiger partial charge in [-0.1, -0.05) is 119 Å². The molecule has 68 heavy (non-hydrogen) atoms. The summed E-state index contributed by atoms with van der Waals surface area (Å²) >= 11 is 2.18. The molecule has 0 heterocycles. The summed E-state index contributed by atoms with van der Waals surface area (Å²) in [6.45, 7) is 23.5. The van der Waals surface area contributed by atoms with Crippen LogP contribution in [0.5, 0.6) is 0 Å². The molecule has 0 aliphatic heterocycles. The average molecular weight is 1140 g/mol. The molecule has 4 atom stereocenters. The van der Waals surface area contributed by atoms with E-state index in [9.17, 15) is 39.5 Å². The Bertz CT molecular complexity index is 2180. The van der Waals surface area contributed by atoms with Crippen molar-refractivity contribution in [2.45, 2.75) is 139 Å². The molecule has 3 aliphatic carbocycles. The van der Waals surface area contributed by atoms with Gasteiger partial charge >= 0.3 is 56.4 Å². The van der Waals surface area contributed by atoms with Crippen LogP contribution in [0.15, 0.2) is 94.5 Å². The van der Waals surface area contributed by atoms with Gasteiger partial charge in [-0.15, -0.1) is 0 Å². The van der Waals surface area contributed by atoms with Crippen molar-refractivity contribution in [3.05, 3.63) is 171 Å². The molecule has 0 nitrogen and oxygen atoms in total. The first-order chi connectivity index (χ1) is 30.4. The zero-order valence-electron chi connectivity index (χ0n) is 41.5. The van der Waals surface area contributed by atoms with E-state index < -0.39 is 56.1 Å². The van der Waals surface area contributed by atoms with Crippen LogP contribution in [-0.4, -0.2) is 0 Å². The molecule has 376 valence electrons. The van der Waals surface area contributed by atoms with E-state index in [0.717, 1.165) is 48.4 Å². The van der Waals surface area contributed by atoms with Gasteiger partial charge in [-0.2, -0.15) is 39.5 Å². The predicted octanol–water partition coefficient (Wildman–Crippen LogP) is 20.8. The van der Waals surface area contributed by atoms with Crippen LogP contribution in [0, 0.1) is 73.1 Å². The zero-order valence-corrected chi connectivity index (χ0v) is 47.1. The Morgan fingerprint density at radius 1 is 0.471 bits per heavy atom. The van der Waals surface area contributed by atoms with Crippen molar-refractivity contribution in [3.8, 4) is 0 Å². The van der Waals surface area contributed by atoms with Gasteiger partial charge in [-0.3, -0.25) is 0 Å². The predicted molar refractivity (Wildman–Crippen MR) is 268 cm³/mol. The third-order valence-electron chi connectivity index (χ3n) is 12.8. The molecule has 2 saturated carbocycles. The van der Waals surface area contributed by atoms with Gasteiger partial charge in [0, 0.05) is 4.47 Å². The number of rotatable bonds is 3. The summed E-state index contributed by atoms with van der Waals surface area (Å²) in [7, 11) is 9.87. The summed E-state index contributed by atoms with van der Waals surface area (Å²) in [5.74, 6) is 2.98. The third-order valence-corrected chi connectivity index (χ3v) is 13.3. The number of hydrogen-bond donors (Lipinski definition) is 0. The number of alkyl halides is 9. The fraction of sp³-hybridized carbons (Fsp3) is 0.455. The minimum absolute atomic E-state index is 0. The maximum atomic E-state index is 12.8. The number of allylic oxidation sites excluding steroid dienone is 4. The topological polar surface area (TPSA) is 0 Å². The molecule has 2 fully saturated rings. The zero-order chi connectivity index (χ0) is 50.1. The second-order valence-corrected chi connectivity index (χ2v) is 23.4. The molecule has 0 N–H and O–H groups in total. The van der Waals surface area contributed by atoms with Crippen molar-refractivity contribution in [3.63, 3.8) is 0 Å². The normalized spacial score (nSPS) is 20.9. The van der Waals surface area contributed by atoms with Crippen LogP contribution in [0.4, 0.5) is 39.5 Å². The van der Waals surface area contributed by atoms with Crippen LogP contribution in [0.25, 0.3) is 5.57 Å². The van der Waals surface area contributed by atoms with E-state index in [4.69, 9.17) is 17.0 Å². The number of hydrogen-bond acceptors (Lipinski definition) is 0. The van der Waals surface area contributed by atoms with Crippen LogP contribution in [0.3, 0.4) is 0 Å². The Kier molecular flexibility index (Phi) is 25.7. The van der Waals surface area contributed by atoms with Crippen molar-refractivity contribution >= 4 is 38.5 Å². The van der Waals surface area contributed by atoms with E-state index in [1.165, 1.54) is 57.4 Å². The van der Waals surface area contributed by atoms with Gasteiger partial charge in [0.05, 0.1) is 16.7 Å². The monoisotopic (exact) mass is 1140 g/mol. The molecule has 3 aliphatic rings. The van der Waals surface area contributed by atoms with E-state index in [1.807, 2.05) is 13.8 Å². The van der Waals surface area contributed by atoms with E-state index in [1.54, 1.807) is 18.6 Å². The summed E-state index contributed by atoms with van der Waals surface area (Å²) < 4.78 is 114. The fourth-order valence-electron chi connectivity index (χ4n) is 9.03. The van der Waals surface area contributed by atoms with Crippen molar-refractivity contribution in [2.24, 2.45) is 23.7 Å². The molecule has 0 radical (unpaired) electrons. The summed E-state index contributed by atoms with van der Waals surface area (Å²) in [5, 5.41) is 0. The first kappa shape index (κ1) is 63.7. The molecule has 13 heteroatoms. The Labute approximate surface area is 428 Å². The summed E-state index contributed by atoms with van der Waals surface area (Å²) in [5.41, 5.74) is 10.6. The molecule has 4 aromatic carbocycles. The summed E-state index contributed by atoms with van der Waals surface area (Å²) in [6.07, 6.45) is -6.35. The SMILES string of the molecule is CC1=C(C)CC(c2cc(C)cc(C)c2)=C1.CC1CC(c2cc(C(F)(F)F)cc(C(F)(F)F)c2)CC1C.Cc1cc(Br)cc(C(F)(F)F)c1.Cc1cc(C)cc(C2CC(C)C(C)C2)c1.[CH3-].[CH3-].[Cl][Zr+2][Cl]. The molecule has 7 rings (SSSR count). The average Bonchev–Trinajstić information content (AvgIpc) is 3.83. The van der Waals surface area contributed by atoms with E-state index >= 15 is 0 Å². The number of benzene rings is 4. The maximum absolute atomic E-state index is 12.8. The second kappa shape index (κ2) is 27.5. The van der Waals surface area contributed by atoms with Gasteiger partial charge in [0.2, 0.25) is 0 Å². The van der Waals surface area contributed by atoms with Crippen LogP contribution in [0.1, 0.15) is 147 Å². The van der Waals surface area contributed by atoms with Gasteiger partial charge in [-0.05, 0) is 180 Å². The molecule has 4 aromatic rings. The number of halogens is 12. The van der Waals surface area contributed by atoms with Crippen LogP contribution in [-0.2, 0) is 39.4 Å². The van der Waals surface area contributed by atoms with Crippen molar-refractivity contribution in [1.29, 1.82) is 0 Å². The van der Waals surface area contributed by atoms with Gasteiger partial charge in [0.15, 0.2) is 0 Å². The molecular weight excluding hydrogens is 1070 g/mol. The molecule has 4 unspecified atom stereocenters. The summed E-state index contributed by atoms with van der Waals surface area (Å²) in [4.78, 5) is 0. The second-order valence-electron chi connectivity index (χ2n) is 18.8. The van der Waals surface area contributed by atoms with Crippen molar-refractivity contribution in [1.82, 2.24) is 0 Å². The molecular formula is C55H68BrCl2F9Zr. The van der Waals surface area contributed by atoms with Crippen LogP contribution >= 0.6 is 33.0 Å². The Hall–Kier alpha value is -2.33. The van der Waals surface area contributed by atoms with Crippen LogP contribution in [0.2, 0.25) is 0 Å². The quantitative estimate of drug-likeness (QED) is 0.142. The summed E-state index contributed by atoms with van der Waals surface area (Å²) in [6, 6.07) is 19.5. The van der Waals surface area contributed by atoms with Gasteiger partial charge in [-0.25, -0.2) is 0 Å². The number of aryl methyl sites for hydroxylation is 5. The third kappa shape index (κ3) is 20.1. The molecule has 0 saturated heterocycles. The van der Waals surface area contributed by atoms with E-state index in [-0.39, 0.29) is 32.4 Å². The van der Waals surface area contributed by atoms with E-state index in [0.29, 0.717) is 34.7 Å².